The third-order valence-electron chi connectivity index (χ3n) is 13.4. The maximum atomic E-state index is 10.2. The minimum Gasteiger partial charge on any atom is -0.510 e. The Morgan fingerprint density at radius 3 is 1.89 bits per heavy atom. The molecule has 0 fully saturated rings. The Balaban J connectivity index is 0.0000118. The first-order chi connectivity index (χ1) is 51.4. The van der Waals surface area contributed by atoms with E-state index >= 15 is 0 Å². The predicted octanol–water partition coefficient (Wildman–Crippen LogP) is 16.8. The summed E-state index contributed by atoms with van der Waals surface area (Å²) in [5.74, 6) is -0.0642. The first-order valence-electron chi connectivity index (χ1n) is 42.0. The van der Waals surface area contributed by atoms with E-state index in [4.69, 9.17) is 48.6 Å². The SMILES string of the molecule is [2H]c1c([2H])c([2H])c(-c2cnc(-n3c4[c-]c(Oc5[c-]c(-n6[c-][n+](-c7c(-c8c([2H])c([2H])c9c(c8[2H])C(C([2H])([2H])[2H])(C([2H])([2H])[2H])CC9(C([2H])([2H])[2H])C([2H])([2H])[2H])cccc7-c7c([2H])c([2H])c8c(c7[2H])C(C([2H])([2H])[2H])(C([2H])([2H])[2H])CC8(C([2H])([2H])[2H])C([2H])([2H])[2H])c7ccccc76)ccc5)ccc4c4ccccc43)cc2C([2H])([2H])[2H])c([2H])c1[2H].[Pt]. The molecule has 0 saturated heterocycles. The minimum atomic E-state index is -3.98. The molecule has 3 heterocycles. The molecule has 0 saturated carbocycles. The molecule has 0 unspecified atom stereocenters. The van der Waals surface area contributed by atoms with Gasteiger partial charge in [0.25, 0.3) is 6.33 Å². The molecule has 0 amide bonds. The van der Waals surface area contributed by atoms with Crippen LogP contribution in [0.1, 0.15) is 148 Å². The number of para-hydroxylation sites is 4. The fourth-order valence-corrected chi connectivity index (χ4v) is 10.2. The van der Waals surface area contributed by atoms with E-state index in [1.54, 1.807) is 41.0 Å². The van der Waals surface area contributed by atoms with Crippen LogP contribution in [0.25, 0.3) is 83.4 Å². The van der Waals surface area contributed by atoms with E-state index < -0.39 is 224 Å². The molecule has 0 aliphatic heterocycles. The van der Waals surface area contributed by atoms with Crippen molar-refractivity contribution >= 4 is 32.8 Å². The van der Waals surface area contributed by atoms with Crippen molar-refractivity contribution in [1.82, 2.24) is 14.1 Å². The Kier molecular flexibility index (Phi) is 5.20. The number of hydrogen-bond acceptors (Lipinski definition) is 2. The maximum absolute atomic E-state index is 10.2. The van der Waals surface area contributed by atoms with Crippen molar-refractivity contribution < 1.29 is 82.5 Å². The van der Waals surface area contributed by atoms with Gasteiger partial charge in [-0.15, -0.1) is 29.7 Å². The van der Waals surface area contributed by atoms with Crippen LogP contribution in [0.15, 0.2) is 176 Å². The van der Waals surface area contributed by atoms with Gasteiger partial charge < -0.3 is 13.9 Å². The van der Waals surface area contributed by atoms with Gasteiger partial charge in [0.1, 0.15) is 5.82 Å². The first kappa shape index (κ1) is 22.1. The van der Waals surface area contributed by atoms with Gasteiger partial charge in [0.05, 0.1) is 31.8 Å². The van der Waals surface area contributed by atoms with Crippen LogP contribution in [-0.4, -0.2) is 14.1 Å². The van der Waals surface area contributed by atoms with Crippen LogP contribution >= 0.6 is 0 Å². The second-order valence-corrected chi connectivity index (χ2v) is 18.5. The van der Waals surface area contributed by atoms with Gasteiger partial charge in [0, 0.05) is 86.9 Å². The third-order valence-corrected chi connectivity index (χ3v) is 13.4. The maximum Gasteiger partial charge on any atom is 0.268 e. The van der Waals surface area contributed by atoms with Gasteiger partial charge in [0.15, 0.2) is 0 Å². The number of pyridine rings is 1. The topological polar surface area (TPSA) is 35.9 Å². The van der Waals surface area contributed by atoms with Crippen LogP contribution in [0.3, 0.4) is 0 Å². The molecule has 0 N–H and O–H groups in total. The van der Waals surface area contributed by atoms with Crippen LogP contribution in [0.2, 0.25) is 0 Å². The smallest absolute Gasteiger partial charge is 0.268 e. The summed E-state index contributed by atoms with van der Waals surface area (Å²) in [5, 5.41) is 1.18. The number of fused-ring (bicyclic) bond motifs is 6. The minimum absolute atomic E-state index is 0. The molecule has 0 radical (unpaired) electrons. The monoisotopic (exact) mass is 1190 g/mol. The third kappa shape index (κ3) is 8.00. The molecule has 8 aromatic carbocycles. The molecule has 2 aliphatic rings. The summed E-state index contributed by atoms with van der Waals surface area (Å²) in [6.07, 6.45) is 0.638. The molecule has 75 heavy (non-hydrogen) atoms. The Labute approximate surface area is 509 Å². The van der Waals surface area contributed by atoms with Gasteiger partial charge in [0.2, 0.25) is 0 Å². The van der Waals surface area contributed by atoms with Crippen molar-refractivity contribution in [1.29, 1.82) is 0 Å². The van der Waals surface area contributed by atoms with Crippen molar-refractivity contribution in [2.24, 2.45) is 0 Å². The van der Waals surface area contributed by atoms with Crippen LogP contribution in [0.5, 0.6) is 11.5 Å². The summed E-state index contributed by atoms with van der Waals surface area (Å²) in [6, 6.07) is 20.1. The molecule has 374 valence electrons. The second-order valence-electron chi connectivity index (χ2n) is 18.5. The first-order valence-corrected chi connectivity index (χ1v) is 23.0. The molecule has 0 atom stereocenters. The Hall–Kier alpha value is -7.33. The molecular weight excluding hydrogens is 1100 g/mol. The van der Waals surface area contributed by atoms with E-state index in [1.165, 1.54) is 53.1 Å². The molecule has 5 nitrogen and oxygen atoms in total. The molecule has 3 aromatic heterocycles. The van der Waals surface area contributed by atoms with E-state index in [-0.39, 0.29) is 66.2 Å². The van der Waals surface area contributed by atoms with E-state index in [1.807, 2.05) is 0 Å². The van der Waals surface area contributed by atoms with Crippen LogP contribution < -0.4 is 9.30 Å². The summed E-state index contributed by atoms with van der Waals surface area (Å²) >= 11 is 0. The molecule has 2 aliphatic carbocycles. The van der Waals surface area contributed by atoms with Crippen LogP contribution in [-0.2, 0) is 42.7 Å². The van der Waals surface area contributed by atoms with Gasteiger partial charge in [-0.3, -0.25) is 4.57 Å². The van der Waals surface area contributed by atoms with Crippen molar-refractivity contribution in [3.63, 3.8) is 0 Å². The second kappa shape index (κ2) is 17.6. The summed E-state index contributed by atoms with van der Waals surface area (Å²) in [7, 11) is 0. The zero-order valence-electron chi connectivity index (χ0n) is 76.8. The van der Waals surface area contributed by atoms with Gasteiger partial charge in [-0.1, -0.05) is 187 Å². The zero-order chi connectivity index (χ0) is 83.0. The Morgan fingerprint density at radius 2 is 1.21 bits per heavy atom. The van der Waals surface area contributed by atoms with E-state index in [2.05, 4.69) is 23.4 Å². The van der Waals surface area contributed by atoms with Crippen molar-refractivity contribution in [2.45, 2.75) is 96.2 Å². The average molecular weight is 1190 g/mol. The van der Waals surface area contributed by atoms with Crippen LogP contribution in [0, 0.1) is 25.3 Å². The number of rotatable bonds is 8. The number of ether oxygens (including phenoxy) is 1. The van der Waals surface area contributed by atoms with E-state index in [0.717, 1.165) is 29.0 Å². The number of imidazole rings is 1. The van der Waals surface area contributed by atoms with Gasteiger partial charge in [-0.25, -0.2) is 4.98 Å². The Morgan fingerprint density at radius 1 is 0.587 bits per heavy atom. The summed E-state index contributed by atoms with van der Waals surface area (Å²) in [6.45, 7) is -34.6. The number of hydrogen-bond donors (Lipinski definition) is 0. The van der Waals surface area contributed by atoms with Gasteiger partial charge in [-0.2, -0.15) is 18.2 Å². The predicted molar refractivity (Wildman–Crippen MR) is 302 cm³/mol. The fourth-order valence-electron chi connectivity index (χ4n) is 10.2. The van der Waals surface area contributed by atoms with Gasteiger partial charge >= 0.3 is 0 Å². The summed E-state index contributed by atoms with van der Waals surface area (Å²) < 4.78 is 352. The van der Waals surface area contributed by atoms with E-state index in [0.29, 0.717) is 16.3 Å². The number of aryl methyl sites for hydroxylation is 1. The van der Waals surface area contributed by atoms with Crippen molar-refractivity contribution in [2.75, 3.05) is 0 Å². The molecular formula is C69H60N4OPt-2. The Bertz CT molecular complexity index is 5540. The molecule has 6 heteroatoms. The molecule has 11 aromatic rings. The van der Waals surface area contributed by atoms with Crippen molar-refractivity contribution in [3.8, 4) is 62.1 Å². The zero-order valence-corrected chi connectivity index (χ0v) is 41.1. The molecule has 13 rings (SSSR count). The van der Waals surface area contributed by atoms with Crippen molar-refractivity contribution in [3.05, 3.63) is 222 Å². The standard InChI is InChI=1S/C69H60N4O.Pt/c1-44-35-64(70-40-55(44)45-19-11-10-12-20-45)73-60-26-14-13-23-53(60)54-32-31-50(39-63(54)73)74-49-22-17-21-48(38-49)71-43-72(62-28-16-15-27-61(62)71)65-51(46-29-33-56-58(36-46)68(6,7)41-66(56,2)3)24-18-25-52(65)47-30-34-57-59(37-47)69(8,9)42-67(57,4)5;/h10-37,40H,41-42H2,1-9H3;/q-2;/i1D3,2D3,3D3,4D3,5D3,6D3,7D3,8D3,9D3,10D,11D,12D,19D,20D,29D,30D,33D,34D,36D,37D;. The summed E-state index contributed by atoms with van der Waals surface area (Å²) in [4.78, 5) is 4.62. The fraction of sp³-hybridized carbons (Fsp3) is 0.217. The number of aromatic nitrogens is 4. The number of nitrogens with zero attached hydrogens (tertiary/aromatic N) is 4. The average Bonchev–Trinajstić information content (AvgIpc) is 1.50. The molecule has 0 spiro atoms. The number of benzene rings is 8. The summed E-state index contributed by atoms with van der Waals surface area (Å²) in [5.41, 5.74) is -23.7. The largest absolute Gasteiger partial charge is 0.510 e. The van der Waals surface area contributed by atoms with Crippen LogP contribution in [0.4, 0.5) is 0 Å². The molecule has 0 bridgehead atoms. The normalized spacial score (nSPS) is 24.6. The van der Waals surface area contributed by atoms with E-state index in [9.17, 15) is 8.22 Å². The quantitative estimate of drug-likeness (QED) is 0.112. The van der Waals surface area contributed by atoms with Gasteiger partial charge in [-0.05, 0) is 120 Å².